The van der Waals surface area contributed by atoms with Crippen LogP contribution in [0.25, 0.3) is 0 Å². The van der Waals surface area contributed by atoms with Crippen molar-refractivity contribution in [2.45, 2.75) is 42.5 Å². The van der Waals surface area contributed by atoms with Crippen LogP contribution in [-0.4, -0.2) is 83.1 Å². The molecule has 0 aromatic rings. The first-order valence-electron chi connectivity index (χ1n) is 5.32. The lowest BCUT2D eigenvalue weighted by Gasteiger charge is -2.44. The SMILES string of the molecule is O=P(O)(O)[C@]1(O)C[C@H](O)[C@@H](O)[C@H]([C@@H](O)[C@@H](O)CO)O1. The van der Waals surface area contributed by atoms with E-state index in [1.54, 1.807) is 0 Å². The second-order valence-electron chi connectivity index (χ2n) is 4.37. The number of hydrogen-bond donors (Lipinski definition) is 8. The summed E-state index contributed by atoms with van der Waals surface area (Å²) < 4.78 is 15.7. The van der Waals surface area contributed by atoms with Gasteiger partial charge >= 0.3 is 7.60 Å². The molecule has 0 aromatic heterocycles. The Hall–Kier alpha value is -0.130. The van der Waals surface area contributed by atoms with Gasteiger partial charge in [-0.05, 0) is 0 Å². The lowest BCUT2D eigenvalue weighted by Crippen LogP contribution is -2.60. The van der Waals surface area contributed by atoms with Gasteiger partial charge in [0.15, 0.2) is 0 Å². The lowest BCUT2D eigenvalue weighted by molar-refractivity contribution is -0.290. The van der Waals surface area contributed by atoms with E-state index in [9.17, 15) is 30.1 Å². The van der Waals surface area contributed by atoms with Crippen LogP contribution in [0.15, 0.2) is 0 Å². The predicted molar refractivity (Wildman–Crippen MR) is 57.6 cm³/mol. The summed E-state index contributed by atoms with van der Waals surface area (Å²) in [7, 11) is -5.23. The van der Waals surface area contributed by atoms with Crippen molar-refractivity contribution in [1.82, 2.24) is 0 Å². The molecule has 1 aliphatic rings. The highest BCUT2D eigenvalue weighted by atomic mass is 31.2. The first-order valence-corrected chi connectivity index (χ1v) is 6.93. The molecule has 0 radical (unpaired) electrons. The Balaban J connectivity index is 3.01. The standard InChI is InChI=1S/C8H17O10P/c9-2-4(11)6(13)7-5(12)3(10)1-8(14,18-7)19(15,16)17/h3-7,9-14H,1-2H2,(H2,15,16,17)/t3-,4-,5+,6-,7+,8-/m0/s1. The fraction of sp³-hybridized carbons (Fsp3) is 1.00. The molecular weight excluding hydrogens is 287 g/mol. The number of rotatable bonds is 4. The Morgan fingerprint density at radius 1 is 1.32 bits per heavy atom. The van der Waals surface area contributed by atoms with Gasteiger partial charge < -0.3 is 45.2 Å². The summed E-state index contributed by atoms with van der Waals surface area (Å²) in [5.74, 6) is 0. The smallest absolute Gasteiger partial charge is 0.384 e. The van der Waals surface area contributed by atoms with Crippen molar-refractivity contribution in [2.24, 2.45) is 0 Å². The molecule has 1 rings (SSSR count). The molecule has 0 bridgehead atoms. The average Bonchev–Trinajstić information content (AvgIpc) is 2.30. The Morgan fingerprint density at radius 3 is 2.26 bits per heavy atom. The van der Waals surface area contributed by atoms with E-state index < -0.39 is 56.7 Å². The molecule has 1 saturated heterocycles. The molecule has 0 saturated carbocycles. The van der Waals surface area contributed by atoms with Crippen molar-refractivity contribution in [1.29, 1.82) is 0 Å². The fourth-order valence-corrected chi connectivity index (χ4v) is 2.42. The second kappa shape index (κ2) is 5.70. The topological polar surface area (TPSA) is 188 Å². The van der Waals surface area contributed by atoms with Crippen LogP contribution in [0.2, 0.25) is 0 Å². The molecule has 0 aliphatic carbocycles. The van der Waals surface area contributed by atoms with Crippen LogP contribution in [0, 0.1) is 0 Å². The summed E-state index contributed by atoms with van der Waals surface area (Å²) in [6, 6.07) is 0. The highest BCUT2D eigenvalue weighted by molar-refractivity contribution is 7.53. The normalized spacial score (nSPS) is 39.9. The zero-order valence-electron chi connectivity index (χ0n) is 9.64. The number of ether oxygens (including phenoxy) is 1. The van der Waals surface area contributed by atoms with Crippen molar-refractivity contribution < 1.29 is 49.7 Å². The molecule has 8 N–H and O–H groups in total. The van der Waals surface area contributed by atoms with Gasteiger partial charge in [-0.15, -0.1) is 0 Å². The summed E-state index contributed by atoms with van der Waals surface area (Å²) in [5, 5.41) is 56.1. The predicted octanol–water partition coefficient (Wildman–Crippen LogP) is -3.97. The Kier molecular flexibility index (Phi) is 5.08. The number of aliphatic hydroxyl groups is 6. The molecule has 11 heteroatoms. The Morgan fingerprint density at radius 2 is 1.84 bits per heavy atom. The van der Waals surface area contributed by atoms with Crippen molar-refractivity contribution in [2.75, 3.05) is 6.61 Å². The van der Waals surface area contributed by atoms with E-state index in [-0.39, 0.29) is 0 Å². The van der Waals surface area contributed by atoms with Crippen LogP contribution < -0.4 is 0 Å². The molecule has 0 spiro atoms. The maximum atomic E-state index is 11.1. The molecule has 1 fully saturated rings. The van der Waals surface area contributed by atoms with Crippen LogP contribution in [0.5, 0.6) is 0 Å². The van der Waals surface area contributed by atoms with Gasteiger partial charge in [-0.25, -0.2) is 0 Å². The van der Waals surface area contributed by atoms with Crippen LogP contribution in [0.3, 0.4) is 0 Å². The summed E-state index contributed by atoms with van der Waals surface area (Å²) in [6.07, 6.45) is -10.2. The highest BCUT2D eigenvalue weighted by Gasteiger charge is 2.57. The molecule has 10 nitrogen and oxygen atoms in total. The van der Waals surface area contributed by atoms with Crippen molar-refractivity contribution in [3.63, 3.8) is 0 Å². The maximum Gasteiger partial charge on any atom is 0.384 e. The zero-order chi connectivity index (χ0) is 15.0. The van der Waals surface area contributed by atoms with E-state index in [1.807, 2.05) is 0 Å². The van der Waals surface area contributed by atoms with E-state index in [0.29, 0.717) is 0 Å². The number of hydrogen-bond acceptors (Lipinski definition) is 8. The van der Waals surface area contributed by atoms with Crippen molar-refractivity contribution >= 4 is 7.60 Å². The average molecular weight is 304 g/mol. The van der Waals surface area contributed by atoms with Gasteiger partial charge in [0.2, 0.25) is 0 Å². The third kappa shape index (κ3) is 3.31. The zero-order valence-corrected chi connectivity index (χ0v) is 10.5. The second-order valence-corrected chi connectivity index (χ2v) is 6.16. The summed E-state index contributed by atoms with van der Waals surface area (Å²) >= 11 is 0. The monoisotopic (exact) mass is 304 g/mol. The van der Waals surface area contributed by atoms with Gasteiger partial charge in [0, 0.05) is 6.42 Å². The van der Waals surface area contributed by atoms with E-state index in [4.69, 9.17) is 14.9 Å². The van der Waals surface area contributed by atoms with Gasteiger partial charge in [0.25, 0.3) is 5.53 Å². The van der Waals surface area contributed by atoms with Gasteiger partial charge in [0.1, 0.15) is 24.4 Å². The Bertz CT molecular complexity index is 357. The summed E-state index contributed by atoms with van der Waals surface area (Å²) in [6.45, 7) is -0.918. The third-order valence-corrected chi connectivity index (χ3v) is 4.10. The van der Waals surface area contributed by atoms with Gasteiger partial charge in [-0.1, -0.05) is 0 Å². The molecule has 0 aromatic carbocycles. The molecule has 0 unspecified atom stereocenters. The largest absolute Gasteiger partial charge is 0.394 e. The summed E-state index contributed by atoms with van der Waals surface area (Å²) in [5.41, 5.74) is -3.09. The minimum absolute atomic E-state index is 0.918. The minimum Gasteiger partial charge on any atom is -0.394 e. The fourth-order valence-electron chi connectivity index (χ4n) is 1.73. The van der Waals surface area contributed by atoms with Crippen LogP contribution in [-0.2, 0) is 9.30 Å². The molecule has 19 heavy (non-hydrogen) atoms. The summed E-state index contributed by atoms with van der Waals surface area (Å²) in [4.78, 5) is 17.9. The third-order valence-electron chi connectivity index (χ3n) is 2.90. The van der Waals surface area contributed by atoms with Gasteiger partial charge in [-0.3, -0.25) is 4.57 Å². The molecule has 0 amide bonds. The van der Waals surface area contributed by atoms with Crippen LogP contribution in [0.1, 0.15) is 6.42 Å². The van der Waals surface area contributed by atoms with Crippen molar-refractivity contribution in [3.05, 3.63) is 0 Å². The first kappa shape index (κ1) is 16.9. The number of aliphatic hydroxyl groups excluding tert-OH is 5. The van der Waals surface area contributed by atoms with Gasteiger partial charge in [0.05, 0.1) is 12.7 Å². The first-order chi connectivity index (χ1) is 8.53. The molecule has 1 aliphatic heterocycles. The van der Waals surface area contributed by atoms with Crippen LogP contribution >= 0.6 is 7.60 Å². The quantitative estimate of drug-likeness (QED) is 0.238. The van der Waals surface area contributed by atoms with Crippen molar-refractivity contribution in [3.8, 4) is 0 Å². The molecular formula is C8H17O10P. The minimum atomic E-state index is -5.23. The Labute approximate surface area is 107 Å². The molecule has 114 valence electrons. The van der Waals surface area contributed by atoms with E-state index in [0.717, 1.165) is 0 Å². The lowest BCUT2D eigenvalue weighted by atomic mass is 9.95. The van der Waals surface area contributed by atoms with Crippen LogP contribution in [0.4, 0.5) is 0 Å². The highest BCUT2D eigenvalue weighted by Crippen LogP contribution is 2.54. The van der Waals surface area contributed by atoms with E-state index in [1.165, 1.54) is 0 Å². The van der Waals surface area contributed by atoms with E-state index >= 15 is 0 Å². The van der Waals surface area contributed by atoms with E-state index in [2.05, 4.69) is 4.74 Å². The molecule has 6 atom stereocenters. The maximum absolute atomic E-state index is 11.1. The van der Waals surface area contributed by atoms with Gasteiger partial charge in [-0.2, -0.15) is 0 Å². The molecule has 1 heterocycles.